The first-order valence-electron chi connectivity index (χ1n) is 12.7. The van der Waals surface area contributed by atoms with Crippen LogP contribution in [-0.4, -0.2) is 0 Å². The van der Waals surface area contributed by atoms with Crippen molar-refractivity contribution in [2.45, 2.75) is 64.2 Å². The third-order valence-electron chi connectivity index (χ3n) is 8.03. The summed E-state index contributed by atoms with van der Waals surface area (Å²) in [6.45, 7) is 9.16. The Hall–Kier alpha value is -3.12. The van der Waals surface area contributed by atoms with Gasteiger partial charge in [0.2, 0.25) is 0 Å². The van der Waals surface area contributed by atoms with Crippen molar-refractivity contribution in [3.8, 4) is 0 Å². The van der Waals surface area contributed by atoms with Crippen molar-refractivity contribution < 1.29 is 0 Å². The van der Waals surface area contributed by atoms with Crippen LogP contribution >= 0.6 is 0 Å². The van der Waals surface area contributed by atoms with E-state index in [0.717, 1.165) is 25.7 Å². The Morgan fingerprint density at radius 2 is 0.765 bits per heavy atom. The summed E-state index contributed by atoms with van der Waals surface area (Å²) in [6, 6.07) is 40.9. The van der Waals surface area contributed by atoms with Gasteiger partial charge >= 0.3 is 0 Å². The van der Waals surface area contributed by atoms with Crippen LogP contribution < -0.4 is 0 Å². The Balaban J connectivity index is 2.01. The maximum atomic E-state index is 2.40. The molecule has 0 saturated heterocycles. The zero-order valence-corrected chi connectivity index (χ0v) is 21.2. The van der Waals surface area contributed by atoms with Crippen molar-refractivity contribution in [2.75, 3.05) is 0 Å². The first-order valence-corrected chi connectivity index (χ1v) is 12.7. The lowest BCUT2D eigenvalue weighted by atomic mass is 9.50. The molecule has 0 N–H and O–H groups in total. The summed E-state index contributed by atoms with van der Waals surface area (Å²) in [5.41, 5.74) is 8.23. The van der Waals surface area contributed by atoms with E-state index in [-0.39, 0.29) is 10.8 Å². The Bertz CT molecular complexity index is 1060. The Kier molecular flexibility index (Phi) is 7.37. The molecule has 0 aliphatic heterocycles. The van der Waals surface area contributed by atoms with Crippen molar-refractivity contribution >= 4 is 0 Å². The molecule has 0 saturated carbocycles. The molecule has 174 valence electrons. The predicted molar refractivity (Wildman–Crippen MR) is 147 cm³/mol. The van der Waals surface area contributed by atoms with Gasteiger partial charge in [-0.2, -0.15) is 0 Å². The summed E-state index contributed by atoms with van der Waals surface area (Å²) < 4.78 is 0. The molecule has 0 bridgehead atoms. The van der Waals surface area contributed by atoms with E-state index >= 15 is 0 Å². The second-order valence-electron chi connectivity index (χ2n) is 9.93. The minimum Gasteiger partial charge on any atom is -0.0645 e. The lowest BCUT2D eigenvalue weighted by Gasteiger charge is -2.52. The van der Waals surface area contributed by atoms with Gasteiger partial charge in [-0.15, -0.1) is 0 Å². The second kappa shape index (κ2) is 10.4. The predicted octanol–water partition coefficient (Wildman–Crippen LogP) is 8.78. The maximum Gasteiger partial charge on any atom is 0.00905 e. The first kappa shape index (κ1) is 24.0. The monoisotopic (exact) mass is 446 g/mol. The molecule has 0 heterocycles. The third kappa shape index (κ3) is 4.60. The fraction of sp³-hybridized carbons (Fsp3) is 0.294. The van der Waals surface area contributed by atoms with Crippen LogP contribution in [0.3, 0.4) is 0 Å². The maximum absolute atomic E-state index is 2.40. The first-order chi connectivity index (χ1) is 16.5. The van der Waals surface area contributed by atoms with E-state index < -0.39 is 0 Å². The van der Waals surface area contributed by atoms with Gasteiger partial charge in [-0.1, -0.05) is 134 Å². The van der Waals surface area contributed by atoms with Gasteiger partial charge in [0.25, 0.3) is 0 Å². The molecule has 0 spiro atoms. The smallest absolute Gasteiger partial charge is 0.00905 e. The largest absolute Gasteiger partial charge is 0.0645 e. The number of rotatable bonds is 9. The SMILES string of the molecule is CCC(Cc1ccccc1)(c1ccc(C)cc1)C(CC)(Cc1ccccc1)c1ccc(C)cc1. The molecule has 0 nitrogen and oxygen atoms in total. The van der Waals surface area contributed by atoms with Gasteiger partial charge in [-0.05, 0) is 61.8 Å². The summed E-state index contributed by atoms with van der Waals surface area (Å²) >= 11 is 0. The average Bonchev–Trinajstić information content (AvgIpc) is 2.88. The molecule has 0 aliphatic rings. The van der Waals surface area contributed by atoms with E-state index in [4.69, 9.17) is 0 Å². The number of hydrogen-bond donors (Lipinski definition) is 0. The van der Waals surface area contributed by atoms with Gasteiger partial charge in [-0.25, -0.2) is 0 Å². The Morgan fingerprint density at radius 1 is 0.441 bits per heavy atom. The second-order valence-corrected chi connectivity index (χ2v) is 9.93. The molecule has 4 aromatic rings. The molecule has 0 amide bonds. The molecule has 0 fully saturated rings. The molecule has 0 radical (unpaired) electrons. The van der Waals surface area contributed by atoms with E-state index in [0.29, 0.717) is 0 Å². The van der Waals surface area contributed by atoms with Crippen LogP contribution in [0.4, 0.5) is 0 Å². The molecule has 2 atom stereocenters. The Labute approximate surface area is 206 Å². The van der Waals surface area contributed by atoms with Crippen LogP contribution in [0.5, 0.6) is 0 Å². The fourth-order valence-electron chi connectivity index (χ4n) is 6.06. The molecule has 2 unspecified atom stereocenters. The summed E-state index contributed by atoms with van der Waals surface area (Å²) in [5.74, 6) is 0. The van der Waals surface area contributed by atoms with Crippen LogP contribution in [0.25, 0.3) is 0 Å². The molecule has 4 rings (SSSR count). The number of benzene rings is 4. The number of aryl methyl sites for hydroxylation is 2. The minimum absolute atomic E-state index is 0.0537. The van der Waals surface area contributed by atoms with Crippen LogP contribution in [0.15, 0.2) is 109 Å². The normalized spacial score (nSPS) is 14.8. The zero-order valence-electron chi connectivity index (χ0n) is 21.2. The van der Waals surface area contributed by atoms with Crippen LogP contribution in [0, 0.1) is 13.8 Å². The summed E-state index contributed by atoms with van der Waals surface area (Å²) in [5, 5.41) is 0. The van der Waals surface area contributed by atoms with Crippen LogP contribution in [0.2, 0.25) is 0 Å². The molecule has 4 aromatic carbocycles. The van der Waals surface area contributed by atoms with Gasteiger partial charge in [-0.3, -0.25) is 0 Å². The molecular formula is C34H38. The average molecular weight is 447 g/mol. The summed E-state index contributed by atoms with van der Waals surface area (Å²) in [4.78, 5) is 0. The number of hydrogen-bond acceptors (Lipinski definition) is 0. The van der Waals surface area contributed by atoms with Crippen molar-refractivity contribution in [2.24, 2.45) is 0 Å². The minimum atomic E-state index is -0.0537. The highest BCUT2D eigenvalue weighted by Gasteiger charge is 2.51. The molecule has 0 aromatic heterocycles. The molecule has 34 heavy (non-hydrogen) atoms. The van der Waals surface area contributed by atoms with Crippen LogP contribution in [-0.2, 0) is 23.7 Å². The van der Waals surface area contributed by atoms with Gasteiger partial charge in [0.05, 0.1) is 0 Å². The lowest BCUT2D eigenvalue weighted by Crippen LogP contribution is -2.52. The summed E-state index contributed by atoms with van der Waals surface area (Å²) in [6.07, 6.45) is 4.17. The van der Waals surface area contributed by atoms with Crippen molar-refractivity contribution in [1.82, 2.24) is 0 Å². The van der Waals surface area contributed by atoms with E-state index in [1.807, 2.05) is 0 Å². The van der Waals surface area contributed by atoms with Gasteiger partial charge in [0, 0.05) is 10.8 Å². The molecule has 0 heteroatoms. The van der Waals surface area contributed by atoms with E-state index in [2.05, 4.69) is 137 Å². The highest BCUT2D eigenvalue weighted by Crippen LogP contribution is 2.53. The molecular weight excluding hydrogens is 408 g/mol. The summed E-state index contributed by atoms with van der Waals surface area (Å²) in [7, 11) is 0. The standard InChI is InChI=1S/C34H38/c1-5-33(25-29-13-9-7-10-14-29,31-21-17-27(3)18-22-31)34(6-2,26-30-15-11-8-12-16-30)32-23-19-28(4)20-24-32/h7-24H,5-6,25-26H2,1-4H3. The van der Waals surface area contributed by atoms with Gasteiger partial charge in [0.15, 0.2) is 0 Å². The quantitative estimate of drug-likeness (QED) is 0.241. The van der Waals surface area contributed by atoms with E-state index in [9.17, 15) is 0 Å². The van der Waals surface area contributed by atoms with Gasteiger partial charge < -0.3 is 0 Å². The Morgan fingerprint density at radius 3 is 1.06 bits per heavy atom. The van der Waals surface area contributed by atoms with Crippen LogP contribution in [0.1, 0.15) is 60.1 Å². The van der Waals surface area contributed by atoms with Crippen molar-refractivity contribution in [3.63, 3.8) is 0 Å². The van der Waals surface area contributed by atoms with E-state index in [1.165, 1.54) is 33.4 Å². The van der Waals surface area contributed by atoms with Crippen molar-refractivity contribution in [1.29, 1.82) is 0 Å². The highest BCUT2D eigenvalue weighted by molar-refractivity contribution is 5.44. The highest BCUT2D eigenvalue weighted by atomic mass is 14.5. The van der Waals surface area contributed by atoms with Gasteiger partial charge in [0.1, 0.15) is 0 Å². The topological polar surface area (TPSA) is 0 Å². The fourth-order valence-corrected chi connectivity index (χ4v) is 6.06. The molecule has 0 aliphatic carbocycles. The van der Waals surface area contributed by atoms with Crippen molar-refractivity contribution in [3.05, 3.63) is 143 Å². The lowest BCUT2D eigenvalue weighted by molar-refractivity contribution is 0.187. The van der Waals surface area contributed by atoms with E-state index in [1.54, 1.807) is 0 Å². The zero-order chi connectivity index (χ0) is 24.0. The third-order valence-corrected chi connectivity index (χ3v) is 8.03.